The van der Waals surface area contributed by atoms with Crippen molar-refractivity contribution < 1.29 is 36.8 Å². The van der Waals surface area contributed by atoms with Crippen molar-refractivity contribution >= 4 is 62.3 Å². The predicted molar refractivity (Wildman–Crippen MR) is 170 cm³/mol. The van der Waals surface area contributed by atoms with E-state index in [0.717, 1.165) is 51.5 Å². The number of hydrogen-bond donors (Lipinski definition) is 0. The molecular weight excluding hydrogens is 615 g/mol. The lowest BCUT2D eigenvalue weighted by Gasteiger charge is -2.20. The zero-order chi connectivity index (χ0) is 31.8. The van der Waals surface area contributed by atoms with Gasteiger partial charge < -0.3 is 14.3 Å². The second-order valence-electron chi connectivity index (χ2n) is 10.9. The number of fused-ring (bicyclic) bond motifs is 2. The van der Waals surface area contributed by atoms with Crippen LogP contribution in [0.3, 0.4) is 0 Å². The molecule has 1 saturated heterocycles. The van der Waals surface area contributed by atoms with Crippen molar-refractivity contribution in [1.82, 2.24) is 5.06 Å². The molecule has 3 aromatic rings. The number of carbonyl (C=O) groups excluding carboxylic acids is 3. The van der Waals surface area contributed by atoms with Crippen LogP contribution in [0.15, 0.2) is 82.9 Å². The van der Waals surface area contributed by atoms with Crippen LogP contribution in [0.4, 0.5) is 5.69 Å². The van der Waals surface area contributed by atoms with E-state index >= 15 is 0 Å². The summed E-state index contributed by atoms with van der Waals surface area (Å²) in [5.41, 5.74) is 3.24. The highest BCUT2D eigenvalue weighted by molar-refractivity contribution is 8.03. The SMILES string of the molecule is O=C(CCCCC[n+]1ccc(/C=C/C=C2/Sc3ccccc3N2CCCCS(=O)(=O)[O-])c2ccccc21)ON1C(=O)CCC1=O. The van der Waals surface area contributed by atoms with Crippen LogP contribution in [0.1, 0.15) is 56.9 Å². The van der Waals surface area contributed by atoms with E-state index in [-0.39, 0.29) is 25.0 Å². The number of benzene rings is 2. The first-order valence-electron chi connectivity index (χ1n) is 15.0. The van der Waals surface area contributed by atoms with Gasteiger partial charge in [0.05, 0.1) is 26.2 Å². The van der Waals surface area contributed by atoms with Gasteiger partial charge in [-0.3, -0.25) is 9.59 Å². The van der Waals surface area contributed by atoms with Crippen LogP contribution in [-0.2, 0) is 35.9 Å². The summed E-state index contributed by atoms with van der Waals surface area (Å²) in [5, 5.41) is 2.74. The molecule has 45 heavy (non-hydrogen) atoms. The summed E-state index contributed by atoms with van der Waals surface area (Å²) in [5.74, 6) is -1.86. The summed E-state index contributed by atoms with van der Waals surface area (Å²) in [6.45, 7) is 1.39. The van der Waals surface area contributed by atoms with Crippen molar-refractivity contribution in [3.63, 3.8) is 0 Å². The first-order chi connectivity index (χ1) is 21.7. The molecule has 0 unspecified atom stereocenters. The summed E-state index contributed by atoms with van der Waals surface area (Å²) in [7, 11) is -4.22. The Kier molecular flexibility index (Phi) is 10.7. The standard InChI is InChI=1S/C33H35N3O7S2/c37-30-18-19-31(38)36(30)43-33(39)17-2-1-7-21-34-23-20-25(26-12-3-4-13-27(26)34)11-10-16-32-35(22-8-9-24-45(40,41)42)28-14-5-6-15-29(28)44-32/h3-6,10-16,20,23H,1-2,7-9,17-19,21-22,24H2. The van der Waals surface area contributed by atoms with E-state index in [1.54, 1.807) is 11.8 Å². The summed E-state index contributed by atoms with van der Waals surface area (Å²) < 4.78 is 35.2. The minimum atomic E-state index is -4.22. The van der Waals surface area contributed by atoms with Gasteiger partial charge in [0.15, 0.2) is 6.20 Å². The van der Waals surface area contributed by atoms with Crippen LogP contribution < -0.4 is 9.47 Å². The normalized spacial score (nSPS) is 16.0. The van der Waals surface area contributed by atoms with Gasteiger partial charge in [-0.1, -0.05) is 48.2 Å². The van der Waals surface area contributed by atoms with Gasteiger partial charge in [0.2, 0.25) is 5.52 Å². The molecule has 5 rings (SSSR count). The Bertz CT molecular complexity index is 1740. The smallest absolute Gasteiger partial charge is 0.333 e. The van der Waals surface area contributed by atoms with Crippen molar-refractivity contribution in [3.05, 3.63) is 83.5 Å². The molecule has 2 aromatic carbocycles. The lowest BCUT2D eigenvalue weighted by Crippen LogP contribution is -2.34. The van der Waals surface area contributed by atoms with Crippen LogP contribution in [0.5, 0.6) is 0 Å². The van der Waals surface area contributed by atoms with E-state index in [1.165, 1.54) is 0 Å². The number of para-hydroxylation sites is 2. The number of nitrogens with zero attached hydrogens (tertiary/aromatic N) is 3. The van der Waals surface area contributed by atoms with Crippen molar-refractivity contribution in [3.8, 4) is 0 Å². The average Bonchev–Trinajstić information content (AvgIpc) is 3.53. The molecule has 2 aliphatic heterocycles. The third kappa shape index (κ3) is 8.59. The monoisotopic (exact) mass is 649 g/mol. The van der Waals surface area contributed by atoms with Crippen LogP contribution >= 0.6 is 11.8 Å². The maximum atomic E-state index is 12.1. The van der Waals surface area contributed by atoms with Crippen LogP contribution in [-0.4, -0.2) is 48.1 Å². The third-order valence-corrected chi connectivity index (χ3v) is 9.53. The Balaban J connectivity index is 1.19. The highest BCUT2D eigenvalue weighted by atomic mass is 32.2. The highest BCUT2D eigenvalue weighted by Crippen LogP contribution is 2.45. The number of amides is 2. The van der Waals surface area contributed by atoms with Crippen molar-refractivity contribution in [1.29, 1.82) is 0 Å². The molecular formula is C33H35N3O7S2. The average molecular weight is 650 g/mol. The lowest BCUT2D eigenvalue weighted by atomic mass is 10.1. The molecule has 0 atom stereocenters. The molecule has 12 heteroatoms. The van der Waals surface area contributed by atoms with Gasteiger partial charge in [-0.2, -0.15) is 4.57 Å². The number of hydroxylamine groups is 2. The van der Waals surface area contributed by atoms with E-state index in [9.17, 15) is 27.4 Å². The first-order valence-corrected chi connectivity index (χ1v) is 17.4. The summed E-state index contributed by atoms with van der Waals surface area (Å²) in [6.07, 6.45) is 11.7. The molecule has 0 N–H and O–H groups in total. The van der Waals surface area contributed by atoms with Gasteiger partial charge in [-0.05, 0) is 55.5 Å². The third-order valence-electron chi connectivity index (χ3n) is 7.61. The largest absolute Gasteiger partial charge is 0.748 e. The molecule has 1 fully saturated rings. The maximum absolute atomic E-state index is 12.1. The van der Waals surface area contributed by atoms with Crippen molar-refractivity contribution in [2.24, 2.45) is 0 Å². The highest BCUT2D eigenvalue weighted by Gasteiger charge is 2.32. The number of carbonyl (C=O) groups is 3. The molecule has 0 saturated carbocycles. The zero-order valence-corrected chi connectivity index (χ0v) is 26.4. The number of aryl methyl sites for hydroxylation is 1. The number of hydrogen-bond acceptors (Lipinski definition) is 9. The van der Waals surface area contributed by atoms with E-state index in [4.69, 9.17) is 4.84 Å². The molecule has 236 valence electrons. The fourth-order valence-electron chi connectivity index (χ4n) is 5.37. The van der Waals surface area contributed by atoms with Gasteiger partial charge in [0.1, 0.15) is 6.54 Å². The van der Waals surface area contributed by atoms with Gasteiger partial charge >= 0.3 is 5.97 Å². The van der Waals surface area contributed by atoms with Gasteiger partial charge in [0.25, 0.3) is 11.8 Å². The number of pyridine rings is 1. The Hall–Kier alpha value is -4.00. The molecule has 0 spiro atoms. The summed E-state index contributed by atoms with van der Waals surface area (Å²) in [6, 6.07) is 18.4. The van der Waals surface area contributed by atoms with E-state index < -0.39 is 27.9 Å². The minimum Gasteiger partial charge on any atom is -0.748 e. The van der Waals surface area contributed by atoms with Crippen molar-refractivity contribution in [2.45, 2.75) is 62.8 Å². The second kappa shape index (κ2) is 14.9. The minimum absolute atomic E-state index is 0.0818. The second-order valence-corrected chi connectivity index (χ2v) is 13.5. The number of imide groups is 1. The lowest BCUT2D eigenvalue weighted by molar-refractivity contribution is -0.671. The van der Waals surface area contributed by atoms with Crippen molar-refractivity contribution in [2.75, 3.05) is 17.2 Å². The number of rotatable bonds is 14. The van der Waals surface area contributed by atoms with Crippen LogP contribution in [0.25, 0.3) is 17.0 Å². The van der Waals surface area contributed by atoms with Gasteiger partial charge in [-0.15, -0.1) is 5.06 Å². The quantitative estimate of drug-likeness (QED) is 0.102. The molecule has 0 bridgehead atoms. The molecule has 1 aromatic heterocycles. The molecule has 3 heterocycles. The number of allylic oxidation sites excluding steroid dienone is 2. The Morgan fingerprint density at radius 1 is 0.956 bits per heavy atom. The topological polar surface area (TPSA) is 128 Å². The van der Waals surface area contributed by atoms with E-state index in [2.05, 4.69) is 52.1 Å². The van der Waals surface area contributed by atoms with Gasteiger partial charge in [0, 0.05) is 55.0 Å². The summed E-state index contributed by atoms with van der Waals surface area (Å²) in [4.78, 5) is 43.5. The molecule has 2 aliphatic rings. The fourth-order valence-corrected chi connectivity index (χ4v) is 7.03. The number of anilines is 1. The Labute approximate surface area is 267 Å². The molecule has 0 radical (unpaired) electrons. The zero-order valence-electron chi connectivity index (χ0n) is 24.8. The van der Waals surface area contributed by atoms with Crippen LogP contribution in [0, 0.1) is 0 Å². The Morgan fingerprint density at radius 2 is 1.71 bits per heavy atom. The fraction of sp³-hybridized carbons (Fsp3) is 0.333. The van der Waals surface area contributed by atoms with E-state index in [0.29, 0.717) is 30.9 Å². The Morgan fingerprint density at radius 3 is 2.51 bits per heavy atom. The molecule has 10 nitrogen and oxygen atoms in total. The number of unbranched alkanes of at least 4 members (excludes halogenated alkanes) is 3. The summed E-state index contributed by atoms with van der Waals surface area (Å²) >= 11 is 1.66. The number of aromatic nitrogens is 1. The van der Waals surface area contributed by atoms with E-state index in [1.807, 2.05) is 36.4 Å². The molecule has 0 aliphatic carbocycles. The number of thioether (sulfide) groups is 1. The predicted octanol–water partition coefficient (Wildman–Crippen LogP) is 5.09. The van der Waals surface area contributed by atoms with Crippen LogP contribution in [0.2, 0.25) is 0 Å². The van der Waals surface area contributed by atoms with Gasteiger partial charge in [-0.25, -0.2) is 13.2 Å². The molecule has 2 amide bonds. The first kappa shape index (κ1) is 32.4. The maximum Gasteiger partial charge on any atom is 0.333 e.